The van der Waals surface area contributed by atoms with E-state index in [9.17, 15) is 14.4 Å². The van der Waals surface area contributed by atoms with Crippen molar-refractivity contribution in [1.82, 2.24) is 5.32 Å². The van der Waals surface area contributed by atoms with Crippen LogP contribution in [-0.2, 0) is 20.8 Å². The lowest BCUT2D eigenvalue weighted by molar-refractivity contribution is -0.155. The van der Waals surface area contributed by atoms with Crippen LogP contribution in [0, 0.1) is 16.7 Å². The minimum absolute atomic E-state index is 0.0425. The van der Waals surface area contributed by atoms with Crippen LogP contribution in [0.1, 0.15) is 37.8 Å². The third-order valence-corrected chi connectivity index (χ3v) is 7.11. The van der Waals surface area contributed by atoms with Gasteiger partial charge in [0.15, 0.2) is 17.0 Å². The molecule has 2 aliphatic carbocycles. The molecule has 5 rings (SSSR count). The highest BCUT2D eigenvalue weighted by Crippen LogP contribution is 2.64. The summed E-state index contributed by atoms with van der Waals surface area (Å²) < 4.78 is 0. The van der Waals surface area contributed by atoms with Crippen molar-refractivity contribution in [2.75, 3.05) is 5.32 Å². The Balaban J connectivity index is 1.84. The summed E-state index contributed by atoms with van der Waals surface area (Å²) in [6.07, 6.45) is 2.65. The third-order valence-electron chi connectivity index (χ3n) is 7.11. The number of rotatable bonds is 1. The average molecular weight is 336 g/mol. The van der Waals surface area contributed by atoms with Gasteiger partial charge in [-0.1, -0.05) is 26.0 Å². The quantitative estimate of drug-likeness (QED) is 0.769. The van der Waals surface area contributed by atoms with Gasteiger partial charge >= 0.3 is 0 Å². The van der Waals surface area contributed by atoms with Gasteiger partial charge in [0, 0.05) is 17.8 Å². The molecule has 1 saturated heterocycles. The Labute approximate surface area is 145 Å². The summed E-state index contributed by atoms with van der Waals surface area (Å²) >= 11 is 0. The van der Waals surface area contributed by atoms with Crippen molar-refractivity contribution in [3.63, 3.8) is 0 Å². The fourth-order valence-corrected chi connectivity index (χ4v) is 5.97. The molecule has 4 unspecified atom stereocenters. The van der Waals surface area contributed by atoms with E-state index in [0.29, 0.717) is 0 Å². The predicted octanol–water partition coefficient (Wildman–Crippen LogP) is 1.93. The molecule has 0 radical (unpaired) electrons. The highest BCUT2D eigenvalue weighted by atomic mass is 16.2. The second-order valence-corrected chi connectivity index (χ2v) is 8.25. The SMILES string of the molecule is CC(=O)C12C(=O)NC(C1=O)C1=CNc3cccc4c3C1C(C4)C2(C)C. The number of anilines is 1. The molecule has 4 atom stereocenters. The van der Waals surface area contributed by atoms with Crippen molar-refractivity contribution in [3.8, 4) is 0 Å². The molecular weight excluding hydrogens is 316 g/mol. The molecule has 0 aromatic heterocycles. The summed E-state index contributed by atoms with van der Waals surface area (Å²) in [6.45, 7) is 5.24. The van der Waals surface area contributed by atoms with Gasteiger partial charge < -0.3 is 10.6 Å². The molecule has 4 aliphatic rings. The molecule has 1 saturated carbocycles. The van der Waals surface area contributed by atoms with Crippen molar-refractivity contribution in [2.24, 2.45) is 16.7 Å². The molecule has 2 heterocycles. The number of nitrogens with one attached hydrogen (secondary N) is 2. The second kappa shape index (κ2) is 4.21. The Morgan fingerprint density at radius 1 is 1.24 bits per heavy atom. The first-order valence-electron chi connectivity index (χ1n) is 8.76. The van der Waals surface area contributed by atoms with E-state index in [0.717, 1.165) is 17.7 Å². The van der Waals surface area contributed by atoms with Gasteiger partial charge in [-0.3, -0.25) is 14.4 Å². The van der Waals surface area contributed by atoms with Crippen LogP contribution in [0.3, 0.4) is 0 Å². The summed E-state index contributed by atoms with van der Waals surface area (Å²) in [5.41, 5.74) is 2.09. The first kappa shape index (κ1) is 14.9. The maximum Gasteiger partial charge on any atom is 0.242 e. The molecule has 0 spiro atoms. The Morgan fingerprint density at radius 2 is 2.00 bits per heavy atom. The standard InChI is InChI=1S/C20H20N2O3/c1-9(23)20-17(24)16(22-18(20)25)11-8-21-13-6-4-5-10-7-12(19(20,2)3)15(11)14(10)13/h4-6,8,12,15-16,21H,7H2,1-3H3,(H,22,25). The minimum atomic E-state index is -1.59. The molecule has 25 heavy (non-hydrogen) atoms. The van der Waals surface area contributed by atoms with Gasteiger partial charge in [-0.2, -0.15) is 0 Å². The highest BCUT2D eigenvalue weighted by molar-refractivity contribution is 6.30. The molecule has 5 heteroatoms. The minimum Gasteiger partial charge on any atom is -0.361 e. The Bertz CT molecular complexity index is 914. The monoisotopic (exact) mass is 336 g/mol. The van der Waals surface area contributed by atoms with Gasteiger partial charge in [0.1, 0.15) is 6.04 Å². The van der Waals surface area contributed by atoms with Crippen molar-refractivity contribution in [3.05, 3.63) is 41.1 Å². The maximum atomic E-state index is 13.4. The van der Waals surface area contributed by atoms with E-state index in [1.807, 2.05) is 32.2 Å². The first-order valence-corrected chi connectivity index (χ1v) is 8.76. The van der Waals surface area contributed by atoms with Crippen LogP contribution in [0.2, 0.25) is 0 Å². The van der Waals surface area contributed by atoms with Gasteiger partial charge in [-0.25, -0.2) is 0 Å². The van der Waals surface area contributed by atoms with Crippen molar-refractivity contribution >= 4 is 23.2 Å². The predicted molar refractivity (Wildman–Crippen MR) is 91.9 cm³/mol. The fraction of sp³-hybridized carbons (Fsp3) is 0.450. The number of fused-ring (bicyclic) bond motifs is 3. The number of carbonyl (C=O) groups is 3. The molecule has 128 valence electrons. The zero-order valence-electron chi connectivity index (χ0n) is 14.5. The lowest BCUT2D eigenvalue weighted by atomic mass is 9.55. The average Bonchev–Trinajstić information content (AvgIpc) is 3.05. The van der Waals surface area contributed by atoms with E-state index < -0.39 is 22.8 Å². The van der Waals surface area contributed by atoms with E-state index in [4.69, 9.17) is 0 Å². The zero-order chi connectivity index (χ0) is 17.7. The molecular formula is C20H20N2O3. The normalized spacial score (nSPS) is 36.1. The number of Topliss-reactive ketones (excluding diaryl/α,β-unsaturated/α-hetero) is 2. The Morgan fingerprint density at radius 3 is 2.72 bits per heavy atom. The molecule has 5 nitrogen and oxygen atoms in total. The summed E-state index contributed by atoms with van der Waals surface area (Å²) in [5, 5.41) is 6.13. The van der Waals surface area contributed by atoms with Gasteiger partial charge in [-0.05, 0) is 47.4 Å². The summed E-state index contributed by atoms with van der Waals surface area (Å²) in [7, 11) is 0. The van der Waals surface area contributed by atoms with Crippen LogP contribution >= 0.6 is 0 Å². The number of ketones is 2. The number of hydrogen-bond acceptors (Lipinski definition) is 4. The van der Waals surface area contributed by atoms with Gasteiger partial charge in [0.05, 0.1) is 0 Å². The van der Waals surface area contributed by atoms with Crippen LogP contribution in [0.5, 0.6) is 0 Å². The molecule has 1 amide bonds. The molecule has 2 aliphatic heterocycles. The van der Waals surface area contributed by atoms with Crippen molar-refractivity contribution in [2.45, 2.75) is 39.2 Å². The van der Waals surface area contributed by atoms with Gasteiger partial charge in [-0.15, -0.1) is 0 Å². The van der Waals surface area contributed by atoms with Crippen molar-refractivity contribution < 1.29 is 14.4 Å². The molecule has 1 aromatic carbocycles. The number of amides is 1. The number of carbonyl (C=O) groups excluding carboxylic acids is 3. The number of hydrogen-bond donors (Lipinski definition) is 2. The van der Waals surface area contributed by atoms with E-state index in [-0.39, 0.29) is 23.4 Å². The summed E-state index contributed by atoms with van der Waals surface area (Å²) in [5.74, 6) is -0.940. The Hall–Kier alpha value is -2.43. The van der Waals surface area contributed by atoms with Crippen LogP contribution in [0.4, 0.5) is 5.69 Å². The molecule has 2 fully saturated rings. The maximum absolute atomic E-state index is 13.4. The summed E-state index contributed by atoms with van der Waals surface area (Å²) in [4.78, 5) is 39.0. The lowest BCUT2D eigenvalue weighted by Gasteiger charge is -2.45. The fourth-order valence-electron chi connectivity index (χ4n) is 5.97. The topological polar surface area (TPSA) is 75.3 Å². The molecule has 2 N–H and O–H groups in total. The van der Waals surface area contributed by atoms with Crippen LogP contribution < -0.4 is 10.6 Å². The lowest BCUT2D eigenvalue weighted by Crippen LogP contribution is -2.56. The van der Waals surface area contributed by atoms with Crippen LogP contribution in [0.25, 0.3) is 0 Å². The van der Waals surface area contributed by atoms with Crippen molar-refractivity contribution in [1.29, 1.82) is 0 Å². The van der Waals surface area contributed by atoms with Crippen LogP contribution in [-0.4, -0.2) is 23.5 Å². The largest absolute Gasteiger partial charge is 0.361 e. The number of benzene rings is 1. The molecule has 2 bridgehead atoms. The molecule has 1 aromatic rings. The van der Waals surface area contributed by atoms with Gasteiger partial charge in [0.2, 0.25) is 5.91 Å². The zero-order valence-corrected chi connectivity index (χ0v) is 14.5. The van der Waals surface area contributed by atoms with E-state index in [1.54, 1.807) is 0 Å². The van der Waals surface area contributed by atoms with E-state index >= 15 is 0 Å². The highest BCUT2D eigenvalue weighted by Gasteiger charge is 2.72. The first-order chi connectivity index (χ1) is 11.8. The van der Waals surface area contributed by atoms with Gasteiger partial charge in [0.25, 0.3) is 0 Å². The van der Waals surface area contributed by atoms with Crippen LogP contribution in [0.15, 0.2) is 30.0 Å². The second-order valence-electron chi connectivity index (χ2n) is 8.25. The Kier molecular flexibility index (Phi) is 2.50. The third kappa shape index (κ3) is 1.37. The smallest absolute Gasteiger partial charge is 0.242 e. The van der Waals surface area contributed by atoms with E-state index in [2.05, 4.69) is 16.7 Å². The summed E-state index contributed by atoms with van der Waals surface area (Å²) in [6, 6.07) is 5.49. The van der Waals surface area contributed by atoms with E-state index in [1.165, 1.54) is 18.1 Å².